The van der Waals surface area contributed by atoms with Gasteiger partial charge in [0, 0.05) is 13.7 Å². The number of likely N-dealkylation sites (tertiary alicyclic amines) is 1. The van der Waals surface area contributed by atoms with Gasteiger partial charge in [0.2, 0.25) is 0 Å². The van der Waals surface area contributed by atoms with Crippen LogP contribution in [0.2, 0.25) is 0 Å². The van der Waals surface area contributed by atoms with Gasteiger partial charge in [0.25, 0.3) is 0 Å². The predicted octanol–water partition coefficient (Wildman–Crippen LogP) is 4.05. The van der Waals surface area contributed by atoms with E-state index in [1.165, 1.54) is 38.9 Å². The summed E-state index contributed by atoms with van der Waals surface area (Å²) in [6.07, 6.45) is 4.23. The van der Waals surface area contributed by atoms with Crippen LogP contribution in [0, 0.1) is 17.8 Å². The molecule has 0 aliphatic carbocycles. The molecule has 0 bridgehead atoms. The Hall–Kier alpha value is -0.0800. The second kappa shape index (κ2) is 10.8. The van der Waals surface area contributed by atoms with Gasteiger partial charge in [0.05, 0.1) is 0 Å². The Bertz CT molecular complexity index is 174. The van der Waals surface area contributed by atoms with Crippen molar-refractivity contribution >= 4 is 0 Å². The lowest BCUT2D eigenvalue weighted by atomic mass is 10.00. The fraction of sp³-hybridized carbons (Fsp3) is 1.00. The summed E-state index contributed by atoms with van der Waals surface area (Å²) in [7, 11) is 1.75. The van der Waals surface area contributed by atoms with Crippen molar-refractivity contribution in [2.24, 2.45) is 17.8 Å². The number of hydrogen-bond acceptors (Lipinski definition) is 2. The molecule has 2 nitrogen and oxygen atoms in total. The Morgan fingerprint density at radius 2 is 1.56 bits per heavy atom. The van der Waals surface area contributed by atoms with E-state index >= 15 is 0 Å². The van der Waals surface area contributed by atoms with Gasteiger partial charge in [-0.3, -0.25) is 0 Å². The molecule has 0 aromatic rings. The summed E-state index contributed by atoms with van der Waals surface area (Å²) in [4.78, 5) is 2.58. The Balaban J connectivity index is 0.000000331. The van der Waals surface area contributed by atoms with Gasteiger partial charge in [-0.15, -0.1) is 0 Å². The number of methoxy groups -OCH3 is 1. The quantitative estimate of drug-likeness (QED) is 0.711. The van der Waals surface area contributed by atoms with Gasteiger partial charge in [-0.25, -0.2) is 0 Å². The first-order valence-electron chi connectivity index (χ1n) is 7.68. The molecule has 1 unspecified atom stereocenters. The van der Waals surface area contributed by atoms with Crippen LogP contribution in [-0.4, -0.2) is 38.3 Å². The van der Waals surface area contributed by atoms with E-state index in [4.69, 9.17) is 4.74 Å². The summed E-state index contributed by atoms with van der Waals surface area (Å²) in [6, 6.07) is 0. The minimum absolute atomic E-state index is 0.694. The average Bonchev–Trinajstić information content (AvgIpc) is 2.80. The molecule has 0 saturated carbocycles. The summed E-state index contributed by atoms with van der Waals surface area (Å²) in [5.41, 5.74) is 0. The highest BCUT2D eigenvalue weighted by atomic mass is 16.5. The summed E-state index contributed by atoms with van der Waals surface area (Å²) in [6.45, 7) is 16.2. The molecule has 1 atom stereocenters. The van der Waals surface area contributed by atoms with Crippen LogP contribution in [-0.2, 0) is 4.74 Å². The van der Waals surface area contributed by atoms with Crippen molar-refractivity contribution in [3.63, 3.8) is 0 Å². The molecule has 0 radical (unpaired) electrons. The summed E-state index contributed by atoms with van der Waals surface area (Å²) < 4.78 is 4.96. The van der Waals surface area contributed by atoms with Crippen LogP contribution in [0.4, 0.5) is 0 Å². The Morgan fingerprint density at radius 3 is 1.89 bits per heavy atom. The fourth-order valence-corrected chi connectivity index (χ4v) is 1.90. The van der Waals surface area contributed by atoms with E-state index in [1.54, 1.807) is 7.11 Å². The van der Waals surface area contributed by atoms with E-state index in [0.717, 1.165) is 18.4 Å². The zero-order valence-electron chi connectivity index (χ0n) is 13.5. The average molecular weight is 257 g/mol. The Labute approximate surface area is 115 Å². The minimum atomic E-state index is 0.694. The van der Waals surface area contributed by atoms with Gasteiger partial charge < -0.3 is 9.64 Å². The molecule has 1 saturated heterocycles. The first-order chi connectivity index (χ1) is 8.47. The lowest BCUT2D eigenvalue weighted by Crippen LogP contribution is -2.21. The van der Waals surface area contributed by atoms with Crippen LogP contribution >= 0.6 is 0 Å². The smallest absolute Gasteiger partial charge is 0.0490 e. The first kappa shape index (κ1) is 17.9. The zero-order valence-corrected chi connectivity index (χ0v) is 13.5. The van der Waals surface area contributed by atoms with E-state index in [9.17, 15) is 0 Å². The lowest BCUT2D eigenvalue weighted by molar-refractivity contribution is 0.138. The Morgan fingerprint density at radius 1 is 1.00 bits per heavy atom. The van der Waals surface area contributed by atoms with Crippen LogP contribution in [0.1, 0.15) is 53.9 Å². The summed E-state index contributed by atoms with van der Waals surface area (Å²) in [5, 5.41) is 0. The minimum Gasteiger partial charge on any atom is -0.384 e. The third-order valence-corrected chi connectivity index (χ3v) is 3.79. The van der Waals surface area contributed by atoms with Crippen LogP contribution in [0.3, 0.4) is 0 Å². The summed E-state index contributed by atoms with van der Waals surface area (Å²) in [5.74, 6) is 2.32. The van der Waals surface area contributed by atoms with Crippen molar-refractivity contribution in [2.45, 2.75) is 53.9 Å². The highest BCUT2D eigenvalue weighted by molar-refractivity contribution is 4.66. The van der Waals surface area contributed by atoms with E-state index in [0.29, 0.717) is 5.92 Å². The van der Waals surface area contributed by atoms with Gasteiger partial charge in [-0.2, -0.15) is 0 Å². The molecule has 1 rings (SSSR count). The normalized spacial score (nSPS) is 18.0. The molecule has 0 spiro atoms. The van der Waals surface area contributed by atoms with Crippen molar-refractivity contribution in [1.82, 2.24) is 4.90 Å². The maximum Gasteiger partial charge on any atom is 0.0490 e. The zero-order chi connectivity index (χ0) is 14.0. The molecule has 0 aromatic heterocycles. The number of ether oxygens (including phenoxy) is 1. The van der Waals surface area contributed by atoms with E-state index < -0.39 is 0 Å². The summed E-state index contributed by atoms with van der Waals surface area (Å²) >= 11 is 0. The standard InChI is InChI=1S/C9H19N.C7H16O/c1-9(2)5-8-10-6-3-4-7-10;1-6(2)7(3)5-8-4/h9H,3-8H2,1-2H3;6-7H,5H2,1-4H3. The molecule has 18 heavy (non-hydrogen) atoms. The van der Waals surface area contributed by atoms with Crippen molar-refractivity contribution in [2.75, 3.05) is 33.4 Å². The molecular formula is C16H35NO. The molecule has 0 N–H and O–H groups in total. The van der Waals surface area contributed by atoms with Crippen LogP contribution < -0.4 is 0 Å². The molecule has 1 aliphatic heterocycles. The van der Waals surface area contributed by atoms with Gasteiger partial charge >= 0.3 is 0 Å². The number of rotatable bonds is 6. The van der Waals surface area contributed by atoms with Crippen molar-refractivity contribution in [3.8, 4) is 0 Å². The fourth-order valence-electron chi connectivity index (χ4n) is 1.90. The molecule has 110 valence electrons. The molecular weight excluding hydrogens is 222 g/mol. The molecule has 0 amide bonds. The van der Waals surface area contributed by atoms with Crippen LogP contribution in [0.25, 0.3) is 0 Å². The molecule has 0 aromatic carbocycles. The monoisotopic (exact) mass is 257 g/mol. The second-order valence-corrected chi connectivity index (χ2v) is 6.41. The van der Waals surface area contributed by atoms with Gasteiger partial charge in [0.1, 0.15) is 0 Å². The maximum absolute atomic E-state index is 4.96. The van der Waals surface area contributed by atoms with Crippen molar-refractivity contribution < 1.29 is 4.74 Å². The SMILES string of the molecule is CC(C)CCN1CCCC1.COCC(C)C(C)C. The Kier molecular flexibility index (Phi) is 10.8. The molecule has 1 fully saturated rings. The third kappa shape index (κ3) is 9.90. The van der Waals surface area contributed by atoms with E-state index in [-0.39, 0.29) is 0 Å². The lowest BCUT2D eigenvalue weighted by Gasteiger charge is -2.15. The van der Waals surface area contributed by atoms with E-state index in [2.05, 4.69) is 39.5 Å². The van der Waals surface area contributed by atoms with Crippen molar-refractivity contribution in [1.29, 1.82) is 0 Å². The maximum atomic E-state index is 4.96. The van der Waals surface area contributed by atoms with Crippen molar-refractivity contribution in [3.05, 3.63) is 0 Å². The van der Waals surface area contributed by atoms with Gasteiger partial charge in [-0.05, 0) is 56.7 Å². The van der Waals surface area contributed by atoms with Crippen LogP contribution in [0.5, 0.6) is 0 Å². The largest absolute Gasteiger partial charge is 0.384 e. The molecule has 2 heteroatoms. The number of hydrogen-bond donors (Lipinski definition) is 0. The molecule has 1 aliphatic rings. The first-order valence-corrected chi connectivity index (χ1v) is 7.68. The highest BCUT2D eigenvalue weighted by Crippen LogP contribution is 2.10. The molecule has 1 heterocycles. The van der Waals surface area contributed by atoms with E-state index in [1.807, 2.05) is 0 Å². The predicted molar refractivity (Wildman–Crippen MR) is 81.0 cm³/mol. The number of nitrogens with zero attached hydrogens (tertiary/aromatic N) is 1. The van der Waals surface area contributed by atoms with Crippen LogP contribution in [0.15, 0.2) is 0 Å². The topological polar surface area (TPSA) is 12.5 Å². The third-order valence-electron chi connectivity index (χ3n) is 3.79. The van der Waals surface area contributed by atoms with Gasteiger partial charge in [-0.1, -0.05) is 34.6 Å². The van der Waals surface area contributed by atoms with Gasteiger partial charge in [0.15, 0.2) is 0 Å². The highest BCUT2D eigenvalue weighted by Gasteiger charge is 2.10. The second-order valence-electron chi connectivity index (χ2n) is 6.41.